The van der Waals surface area contributed by atoms with Gasteiger partial charge in [0.1, 0.15) is 11.5 Å². The van der Waals surface area contributed by atoms with E-state index in [2.05, 4.69) is 18.2 Å². The molecule has 1 heterocycles. The molecule has 3 heteroatoms. The van der Waals surface area contributed by atoms with Crippen LogP contribution in [0.1, 0.15) is 11.1 Å². The van der Waals surface area contributed by atoms with Gasteiger partial charge in [0.15, 0.2) is 0 Å². The van der Waals surface area contributed by atoms with Crippen LogP contribution in [0.5, 0.6) is 0 Å². The fraction of sp³-hybridized carbons (Fsp3) is 0. The van der Waals surface area contributed by atoms with Gasteiger partial charge in [-0.25, -0.2) is 4.99 Å². The number of hydrogen-bond donors (Lipinski definition) is 0. The first-order valence-electron chi connectivity index (χ1n) is 9.54. The lowest BCUT2D eigenvalue weighted by Crippen LogP contribution is -2.32. The van der Waals surface area contributed by atoms with Crippen LogP contribution in [0.25, 0.3) is 16.8 Å². The second-order valence-electron chi connectivity index (χ2n) is 6.88. The Morgan fingerprint density at radius 3 is 2.14 bits per heavy atom. The van der Waals surface area contributed by atoms with Crippen LogP contribution in [0, 0.1) is 0 Å². The van der Waals surface area contributed by atoms with Gasteiger partial charge in [-0.15, -0.1) is 0 Å². The van der Waals surface area contributed by atoms with Crippen molar-refractivity contribution >= 4 is 34.3 Å². The number of amides is 1. The van der Waals surface area contributed by atoms with E-state index < -0.39 is 0 Å². The van der Waals surface area contributed by atoms with Crippen LogP contribution in [0.15, 0.2) is 114 Å². The summed E-state index contributed by atoms with van der Waals surface area (Å²) in [6.45, 7) is 0. The molecule has 4 aromatic carbocycles. The van der Waals surface area contributed by atoms with Crippen molar-refractivity contribution in [2.24, 2.45) is 4.99 Å². The van der Waals surface area contributed by atoms with Crippen molar-refractivity contribution in [3.05, 3.63) is 120 Å². The zero-order chi connectivity index (χ0) is 19.6. The van der Waals surface area contributed by atoms with Crippen molar-refractivity contribution in [2.75, 3.05) is 4.90 Å². The summed E-state index contributed by atoms with van der Waals surface area (Å²) in [5.41, 5.74) is 3.13. The maximum atomic E-state index is 13.4. The van der Waals surface area contributed by atoms with Crippen LogP contribution in [-0.4, -0.2) is 11.7 Å². The molecular weight excluding hydrogens is 356 g/mol. The van der Waals surface area contributed by atoms with E-state index in [0.717, 1.165) is 27.6 Å². The molecule has 1 aliphatic heterocycles. The Hall–Kier alpha value is -3.98. The standard InChI is InChI=1S/C26H18N2O/c29-26-24(18-21-14-9-13-19-10-7-8-17-23(19)21)27-25(20-11-3-1-4-12-20)28(26)22-15-5-2-6-16-22/h1-18H/b24-18+. The molecule has 0 radical (unpaired) electrons. The van der Waals surface area contributed by atoms with Gasteiger partial charge in [0.2, 0.25) is 0 Å². The number of fused-ring (bicyclic) bond motifs is 1. The minimum absolute atomic E-state index is 0.122. The second-order valence-corrected chi connectivity index (χ2v) is 6.88. The lowest BCUT2D eigenvalue weighted by Gasteiger charge is -2.18. The Morgan fingerprint density at radius 1 is 0.690 bits per heavy atom. The van der Waals surface area contributed by atoms with Gasteiger partial charge in [-0.05, 0) is 34.5 Å². The number of nitrogens with zero attached hydrogens (tertiary/aromatic N) is 2. The van der Waals surface area contributed by atoms with E-state index in [-0.39, 0.29) is 5.91 Å². The Kier molecular flexibility index (Phi) is 4.26. The van der Waals surface area contributed by atoms with Gasteiger partial charge in [-0.3, -0.25) is 9.69 Å². The minimum atomic E-state index is -0.122. The molecule has 29 heavy (non-hydrogen) atoms. The number of aliphatic imine (C=N–C) groups is 1. The predicted molar refractivity (Wildman–Crippen MR) is 119 cm³/mol. The number of benzene rings is 4. The quantitative estimate of drug-likeness (QED) is 0.425. The highest BCUT2D eigenvalue weighted by Gasteiger charge is 2.32. The fourth-order valence-corrected chi connectivity index (χ4v) is 3.64. The smallest absolute Gasteiger partial charge is 0.266 e. The van der Waals surface area contributed by atoms with E-state index >= 15 is 0 Å². The van der Waals surface area contributed by atoms with Gasteiger partial charge in [0.05, 0.1) is 5.69 Å². The summed E-state index contributed by atoms with van der Waals surface area (Å²) < 4.78 is 0. The van der Waals surface area contributed by atoms with Gasteiger partial charge >= 0.3 is 0 Å². The van der Waals surface area contributed by atoms with Gasteiger partial charge in [0.25, 0.3) is 5.91 Å². The van der Waals surface area contributed by atoms with E-state index in [1.54, 1.807) is 4.90 Å². The zero-order valence-corrected chi connectivity index (χ0v) is 15.7. The number of carbonyl (C=O) groups excluding carboxylic acids is 1. The third-order valence-electron chi connectivity index (χ3n) is 5.02. The number of anilines is 1. The van der Waals surface area contributed by atoms with E-state index in [1.807, 2.05) is 91.0 Å². The van der Waals surface area contributed by atoms with Crippen molar-refractivity contribution in [2.45, 2.75) is 0 Å². The van der Waals surface area contributed by atoms with Crippen LogP contribution >= 0.6 is 0 Å². The molecule has 1 amide bonds. The molecule has 0 aliphatic carbocycles. The first-order valence-corrected chi connectivity index (χ1v) is 9.54. The minimum Gasteiger partial charge on any atom is -0.266 e. The Labute approximate surface area is 169 Å². The Bertz CT molecular complexity index is 1250. The molecule has 0 fully saturated rings. The molecule has 1 aliphatic rings. The van der Waals surface area contributed by atoms with Crippen molar-refractivity contribution in [1.29, 1.82) is 0 Å². The number of rotatable bonds is 3. The summed E-state index contributed by atoms with van der Waals surface area (Å²) in [4.78, 5) is 19.8. The summed E-state index contributed by atoms with van der Waals surface area (Å²) in [7, 11) is 0. The summed E-state index contributed by atoms with van der Waals surface area (Å²) in [6, 6.07) is 33.7. The third-order valence-corrected chi connectivity index (χ3v) is 5.02. The topological polar surface area (TPSA) is 32.7 Å². The fourth-order valence-electron chi connectivity index (χ4n) is 3.64. The highest BCUT2D eigenvalue weighted by Crippen LogP contribution is 2.29. The van der Waals surface area contributed by atoms with Crippen LogP contribution in [0.4, 0.5) is 5.69 Å². The highest BCUT2D eigenvalue weighted by atomic mass is 16.2. The largest absolute Gasteiger partial charge is 0.282 e. The van der Waals surface area contributed by atoms with Gasteiger partial charge < -0.3 is 0 Å². The maximum Gasteiger partial charge on any atom is 0.282 e. The van der Waals surface area contributed by atoms with Crippen molar-refractivity contribution in [1.82, 2.24) is 0 Å². The summed E-state index contributed by atoms with van der Waals surface area (Å²) >= 11 is 0. The zero-order valence-electron chi connectivity index (χ0n) is 15.7. The SMILES string of the molecule is O=C1/C(=C\c2cccc3ccccc23)N=C(c2ccccc2)N1c1ccccc1. The number of para-hydroxylation sites is 1. The number of hydrogen-bond acceptors (Lipinski definition) is 2. The Balaban J connectivity index is 1.67. The number of carbonyl (C=O) groups is 1. The van der Waals surface area contributed by atoms with Gasteiger partial charge in [-0.2, -0.15) is 0 Å². The van der Waals surface area contributed by atoms with E-state index in [4.69, 9.17) is 4.99 Å². The summed E-state index contributed by atoms with van der Waals surface area (Å²) in [5, 5.41) is 2.24. The molecule has 4 aromatic rings. The molecule has 0 atom stereocenters. The molecule has 0 saturated carbocycles. The monoisotopic (exact) mass is 374 g/mol. The lowest BCUT2D eigenvalue weighted by atomic mass is 10.0. The van der Waals surface area contributed by atoms with Crippen LogP contribution in [-0.2, 0) is 4.79 Å². The third kappa shape index (κ3) is 3.13. The first-order chi connectivity index (χ1) is 14.3. The Morgan fingerprint density at radius 2 is 1.34 bits per heavy atom. The van der Waals surface area contributed by atoms with Crippen molar-refractivity contribution in [3.63, 3.8) is 0 Å². The molecule has 0 aromatic heterocycles. The van der Waals surface area contributed by atoms with E-state index in [0.29, 0.717) is 11.5 Å². The molecule has 0 saturated heterocycles. The normalized spacial score (nSPS) is 15.2. The van der Waals surface area contributed by atoms with E-state index in [1.165, 1.54) is 0 Å². The lowest BCUT2D eigenvalue weighted by molar-refractivity contribution is -0.113. The molecular formula is C26H18N2O. The summed E-state index contributed by atoms with van der Waals surface area (Å²) in [6.07, 6.45) is 1.89. The maximum absolute atomic E-state index is 13.4. The molecule has 3 nitrogen and oxygen atoms in total. The van der Waals surface area contributed by atoms with Crippen LogP contribution in [0.3, 0.4) is 0 Å². The average Bonchev–Trinajstić information content (AvgIpc) is 3.11. The highest BCUT2D eigenvalue weighted by molar-refractivity contribution is 6.33. The molecule has 138 valence electrons. The van der Waals surface area contributed by atoms with Crippen molar-refractivity contribution < 1.29 is 4.79 Å². The van der Waals surface area contributed by atoms with Gasteiger partial charge in [0, 0.05) is 5.56 Å². The van der Waals surface area contributed by atoms with E-state index in [9.17, 15) is 4.79 Å². The molecule has 5 rings (SSSR count). The summed E-state index contributed by atoms with van der Waals surface area (Å²) in [5.74, 6) is 0.524. The first kappa shape index (κ1) is 17.1. The van der Waals surface area contributed by atoms with Crippen molar-refractivity contribution in [3.8, 4) is 0 Å². The molecule has 0 unspecified atom stereocenters. The van der Waals surface area contributed by atoms with Crippen LogP contribution in [0.2, 0.25) is 0 Å². The van der Waals surface area contributed by atoms with Crippen LogP contribution < -0.4 is 4.90 Å². The van der Waals surface area contributed by atoms with Gasteiger partial charge in [-0.1, -0.05) is 91.0 Å². The predicted octanol–water partition coefficient (Wildman–Crippen LogP) is 5.67. The average molecular weight is 374 g/mol. The molecule has 0 bridgehead atoms. The second kappa shape index (κ2) is 7.21. The molecule has 0 N–H and O–H groups in total. The molecule has 0 spiro atoms. The number of amidine groups is 1.